The summed E-state index contributed by atoms with van der Waals surface area (Å²) in [5.41, 5.74) is 1.15. The van der Waals surface area contributed by atoms with Crippen LogP contribution in [0.5, 0.6) is 11.5 Å². The molecular weight excluding hydrogens is 176 g/mol. The first-order chi connectivity index (χ1) is 6.72. The molecule has 0 amide bonds. The van der Waals surface area contributed by atoms with E-state index < -0.39 is 0 Å². The lowest BCUT2D eigenvalue weighted by Crippen LogP contribution is -1.85. The molecule has 2 nitrogen and oxygen atoms in total. The quantitative estimate of drug-likeness (QED) is 0.745. The van der Waals surface area contributed by atoms with Crippen LogP contribution >= 0.6 is 0 Å². The number of phenols is 1. The zero-order valence-electron chi connectivity index (χ0n) is 8.24. The van der Waals surface area contributed by atoms with E-state index in [1.54, 1.807) is 19.2 Å². The summed E-state index contributed by atoms with van der Waals surface area (Å²) in [5.74, 6) is 1.09. The van der Waals surface area contributed by atoms with Crippen LogP contribution in [-0.2, 0) is 0 Å². The van der Waals surface area contributed by atoms with Crippen LogP contribution in [0.15, 0.2) is 30.3 Å². The minimum Gasteiger partial charge on any atom is -0.507 e. The van der Waals surface area contributed by atoms with E-state index in [9.17, 15) is 5.11 Å². The van der Waals surface area contributed by atoms with E-state index in [4.69, 9.17) is 4.74 Å². The summed E-state index contributed by atoms with van der Waals surface area (Å²) in [4.78, 5) is 0. The van der Waals surface area contributed by atoms with E-state index >= 15 is 0 Å². The summed E-state index contributed by atoms with van der Waals surface area (Å²) >= 11 is 0. The van der Waals surface area contributed by atoms with Crippen LogP contribution in [0.25, 0.3) is 10.8 Å². The Morgan fingerprint density at radius 2 is 1.86 bits per heavy atom. The maximum Gasteiger partial charge on any atom is 0.126 e. The molecule has 0 aromatic heterocycles. The summed E-state index contributed by atoms with van der Waals surface area (Å²) in [6.07, 6.45) is 0. The number of benzene rings is 2. The minimum atomic E-state index is 0.292. The van der Waals surface area contributed by atoms with Gasteiger partial charge < -0.3 is 9.84 Å². The second-order valence-electron chi connectivity index (χ2n) is 3.34. The van der Waals surface area contributed by atoms with Crippen LogP contribution in [-0.4, -0.2) is 12.2 Å². The Balaban J connectivity index is 2.85. The maximum absolute atomic E-state index is 9.63. The van der Waals surface area contributed by atoms with Crippen LogP contribution in [0.2, 0.25) is 0 Å². The van der Waals surface area contributed by atoms with Gasteiger partial charge in [0.15, 0.2) is 0 Å². The van der Waals surface area contributed by atoms with Gasteiger partial charge in [-0.25, -0.2) is 0 Å². The molecule has 0 fully saturated rings. The Morgan fingerprint density at radius 1 is 1.07 bits per heavy atom. The number of phenolic OH excluding ortho intramolecular Hbond substituents is 1. The standard InChI is InChI=1S/C12H12O2/c1-8-3-4-9-10(7-8)12(14-2)6-5-11(9)13/h3-7,13H,1-2H3. The number of fused-ring (bicyclic) bond motifs is 1. The van der Waals surface area contributed by atoms with Gasteiger partial charge in [0.2, 0.25) is 0 Å². The molecule has 0 saturated heterocycles. The van der Waals surface area contributed by atoms with E-state index in [2.05, 4.69) is 0 Å². The molecule has 0 atom stereocenters. The SMILES string of the molecule is COc1ccc(O)c2ccc(C)cc12. The Labute approximate surface area is 82.8 Å². The molecule has 2 aromatic rings. The molecule has 0 spiro atoms. The fourth-order valence-corrected chi connectivity index (χ4v) is 1.60. The average Bonchev–Trinajstić information content (AvgIpc) is 2.18. The summed E-state index contributed by atoms with van der Waals surface area (Å²) in [6, 6.07) is 9.31. The third kappa shape index (κ3) is 1.29. The van der Waals surface area contributed by atoms with Gasteiger partial charge in [-0.15, -0.1) is 0 Å². The fraction of sp³-hybridized carbons (Fsp3) is 0.167. The summed E-state index contributed by atoms with van der Waals surface area (Å²) in [5, 5.41) is 11.4. The second kappa shape index (κ2) is 3.22. The molecule has 0 radical (unpaired) electrons. The molecule has 0 aliphatic rings. The van der Waals surface area contributed by atoms with Crippen molar-refractivity contribution in [3.05, 3.63) is 35.9 Å². The minimum absolute atomic E-state index is 0.292. The predicted molar refractivity (Wildman–Crippen MR) is 56.9 cm³/mol. The van der Waals surface area contributed by atoms with Crippen molar-refractivity contribution in [3.8, 4) is 11.5 Å². The lowest BCUT2D eigenvalue weighted by Gasteiger charge is -2.07. The Morgan fingerprint density at radius 3 is 2.57 bits per heavy atom. The molecule has 2 heteroatoms. The molecule has 72 valence electrons. The molecule has 14 heavy (non-hydrogen) atoms. The number of hydrogen-bond donors (Lipinski definition) is 1. The highest BCUT2D eigenvalue weighted by Gasteiger charge is 2.04. The van der Waals surface area contributed by atoms with Crippen molar-refractivity contribution in [2.24, 2.45) is 0 Å². The first kappa shape index (κ1) is 8.88. The van der Waals surface area contributed by atoms with Crippen molar-refractivity contribution in [3.63, 3.8) is 0 Å². The molecule has 0 aliphatic heterocycles. The van der Waals surface area contributed by atoms with Crippen LogP contribution in [0.4, 0.5) is 0 Å². The molecular formula is C12H12O2. The Bertz CT molecular complexity index is 475. The van der Waals surface area contributed by atoms with Crippen molar-refractivity contribution in [2.45, 2.75) is 6.92 Å². The Hall–Kier alpha value is -1.70. The first-order valence-electron chi connectivity index (χ1n) is 4.48. The number of ether oxygens (including phenoxy) is 1. The highest BCUT2D eigenvalue weighted by atomic mass is 16.5. The summed E-state index contributed by atoms with van der Waals surface area (Å²) in [7, 11) is 1.63. The first-order valence-corrected chi connectivity index (χ1v) is 4.48. The van der Waals surface area contributed by atoms with Crippen LogP contribution < -0.4 is 4.74 Å². The van der Waals surface area contributed by atoms with Gasteiger partial charge in [-0.05, 0) is 25.1 Å². The topological polar surface area (TPSA) is 29.5 Å². The molecule has 0 aliphatic carbocycles. The van der Waals surface area contributed by atoms with Gasteiger partial charge in [0.05, 0.1) is 7.11 Å². The van der Waals surface area contributed by atoms with Crippen molar-refractivity contribution >= 4 is 10.8 Å². The highest BCUT2D eigenvalue weighted by molar-refractivity contribution is 5.93. The zero-order chi connectivity index (χ0) is 10.1. The summed E-state index contributed by atoms with van der Waals surface area (Å²) < 4.78 is 5.23. The smallest absolute Gasteiger partial charge is 0.126 e. The molecule has 2 rings (SSSR count). The molecule has 1 N–H and O–H groups in total. The van der Waals surface area contributed by atoms with Gasteiger partial charge >= 0.3 is 0 Å². The Kier molecular flexibility index (Phi) is 2.04. The van der Waals surface area contributed by atoms with Gasteiger partial charge in [-0.1, -0.05) is 17.7 Å². The highest BCUT2D eigenvalue weighted by Crippen LogP contribution is 2.32. The third-order valence-electron chi connectivity index (χ3n) is 2.33. The normalized spacial score (nSPS) is 10.4. The predicted octanol–water partition coefficient (Wildman–Crippen LogP) is 2.86. The van der Waals surface area contributed by atoms with Crippen LogP contribution in [0.3, 0.4) is 0 Å². The largest absolute Gasteiger partial charge is 0.507 e. The van der Waals surface area contributed by atoms with Crippen molar-refractivity contribution in [1.82, 2.24) is 0 Å². The maximum atomic E-state index is 9.63. The van der Waals surface area contributed by atoms with E-state index in [-0.39, 0.29) is 0 Å². The van der Waals surface area contributed by atoms with E-state index in [0.29, 0.717) is 5.75 Å². The number of rotatable bonds is 1. The average molecular weight is 188 g/mol. The molecule has 0 saturated carbocycles. The fourth-order valence-electron chi connectivity index (χ4n) is 1.60. The lowest BCUT2D eigenvalue weighted by atomic mass is 10.1. The van der Waals surface area contributed by atoms with Gasteiger partial charge in [0.1, 0.15) is 11.5 Å². The van der Waals surface area contributed by atoms with Crippen molar-refractivity contribution in [2.75, 3.05) is 7.11 Å². The zero-order valence-corrected chi connectivity index (χ0v) is 8.24. The number of methoxy groups -OCH3 is 1. The van der Waals surface area contributed by atoms with Gasteiger partial charge in [-0.3, -0.25) is 0 Å². The number of aromatic hydroxyl groups is 1. The van der Waals surface area contributed by atoms with E-state index in [0.717, 1.165) is 22.1 Å². The summed E-state index contributed by atoms with van der Waals surface area (Å²) in [6.45, 7) is 2.02. The van der Waals surface area contributed by atoms with E-state index in [1.807, 2.05) is 25.1 Å². The third-order valence-corrected chi connectivity index (χ3v) is 2.33. The van der Waals surface area contributed by atoms with Crippen molar-refractivity contribution in [1.29, 1.82) is 0 Å². The van der Waals surface area contributed by atoms with Crippen molar-refractivity contribution < 1.29 is 9.84 Å². The monoisotopic (exact) mass is 188 g/mol. The molecule has 0 heterocycles. The number of aryl methyl sites for hydroxylation is 1. The van der Waals surface area contributed by atoms with E-state index in [1.165, 1.54) is 0 Å². The van der Waals surface area contributed by atoms with Gasteiger partial charge in [-0.2, -0.15) is 0 Å². The van der Waals surface area contributed by atoms with Crippen LogP contribution in [0, 0.1) is 6.92 Å². The van der Waals surface area contributed by atoms with Gasteiger partial charge in [0.25, 0.3) is 0 Å². The second-order valence-corrected chi connectivity index (χ2v) is 3.34. The lowest BCUT2D eigenvalue weighted by molar-refractivity contribution is 0.418. The molecule has 0 bridgehead atoms. The molecule has 0 unspecified atom stereocenters. The van der Waals surface area contributed by atoms with Crippen LogP contribution in [0.1, 0.15) is 5.56 Å². The molecule has 2 aromatic carbocycles. The van der Waals surface area contributed by atoms with Gasteiger partial charge in [0, 0.05) is 10.8 Å². The number of hydrogen-bond acceptors (Lipinski definition) is 2.